The summed E-state index contributed by atoms with van der Waals surface area (Å²) in [6.07, 6.45) is 3.26. The van der Waals surface area contributed by atoms with Gasteiger partial charge in [-0.3, -0.25) is 4.68 Å². The summed E-state index contributed by atoms with van der Waals surface area (Å²) in [4.78, 5) is 8.56. The van der Waals surface area contributed by atoms with Gasteiger partial charge in [-0.1, -0.05) is 0 Å². The van der Waals surface area contributed by atoms with Crippen LogP contribution in [0.2, 0.25) is 0 Å². The maximum absolute atomic E-state index is 5.86. The second-order valence-electron chi connectivity index (χ2n) is 4.10. The van der Waals surface area contributed by atoms with Crippen LogP contribution in [0.5, 0.6) is 0 Å². The number of nitrogen functional groups attached to an aromatic ring is 1. The first-order valence-corrected chi connectivity index (χ1v) is 5.78. The van der Waals surface area contributed by atoms with Crippen molar-refractivity contribution in [2.24, 2.45) is 7.05 Å². The normalized spacial score (nSPS) is 11.2. The van der Waals surface area contributed by atoms with E-state index >= 15 is 0 Å². The average Bonchev–Trinajstić information content (AvgIpc) is 3.01. The van der Waals surface area contributed by atoms with Gasteiger partial charge in [-0.2, -0.15) is 5.10 Å². The van der Waals surface area contributed by atoms with Crippen molar-refractivity contribution in [3.05, 3.63) is 36.2 Å². The first-order chi connectivity index (χ1) is 9.24. The zero-order valence-corrected chi connectivity index (χ0v) is 10.4. The minimum atomic E-state index is 0.270. The van der Waals surface area contributed by atoms with Crippen LogP contribution in [0.1, 0.15) is 11.6 Å². The molecule has 0 bridgehead atoms. The third kappa shape index (κ3) is 2.27. The summed E-state index contributed by atoms with van der Waals surface area (Å²) in [5.74, 6) is 1.70. The van der Waals surface area contributed by atoms with E-state index in [1.165, 1.54) is 0 Å². The fourth-order valence-corrected chi connectivity index (χ4v) is 1.79. The summed E-state index contributed by atoms with van der Waals surface area (Å²) in [6, 6.07) is 3.66. The third-order valence-corrected chi connectivity index (χ3v) is 2.72. The Labute approximate surface area is 109 Å². The number of aromatic nitrogens is 4. The molecule has 0 fully saturated rings. The molecule has 3 aromatic heterocycles. The summed E-state index contributed by atoms with van der Waals surface area (Å²) in [5, 5.41) is 4.84. The highest BCUT2D eigenvalue weighted by Gasteiger charge is 2.09. The fraction of sp³-hybridized carbons (Fsp3) is 0.250. The first kappa shape index (κ1) is 11.7. The Balaban J connectivity index is 1.75. The molecule has 19 heavy (non-hydrogen) atoms. The molecule has 0 aliphatic heterocycles. The Hall–Kier alpha value is -2.41. The number of anilines is 1. The highest BCUT2D eigenvalue weighted by Crippen LogP contribution is 2.16. The van der Waals surface area contributed by atoms with E-state index in [4.69, 9.17) is 14.9 Å². The zero-order valence-electron chi connectivity index (χ0n) is 10.4. The second kappa shape index (κ2) is 4.69. The molecular formula is C12H13N5O2. The van der Waals surface area contributed by atoms with E-state index in [1.54, 1.807) is 17.1 Å². The number of rotatable bonds is 4. The van der Waals surface area contributed by atoms with Gasteiger partial charge in [-0.15, -0.1) is 0 Å². The highest BCUT2D eigenvalue weighted by atomic mass is 16.5. The molecule has 7 nitrogen and oxygen atoms in total. The predicted molar refractivity (Wildman–Crippen MR) is 67.9 cm³/mol. The van der Waals surface area contributed by atoms with E-state index in [2.05, 4.69) is 15.1 Å². The Bertz CT molecular complexity index is 690. The van der Waals surface area contributed by atoms with Gasteiger partial charge >= 0.3 is 0 Å². The van der Waals surface area contributed by atoms with E-state index in [9.17, 15) is 0 Å². The Kier molecular flexibility index (Phi) is 2.88. The molecule has 0 spiro atoms. The van der Waals surface area contributed by atoms with E-state index < -0.39 is 0 Å². The lowest BCUT2D eigenvalue weighted by atomic mass is 10.4. The SMILES string of the molecule is Cn1ncc2c(N)nc(COCc3ccco3)nc21. The molecule has 0 amide bonds. The lowest BCUT2D eigenvalue weighted by Crippen LogP contribution is -2.04. The molecule has 98 valence electrons. The van der Waals surface area contributed by atoms with Crippen LogP contribution in [0, 0.1) is 0 Å². The van der Waals surface area contributed by atoms with Gasteiger partial charge in [-0.25, -0.2) is 9.97 Å². The summed E-state index contributed by atoms with van der Waals surface area (Å²) in [5.41, 5.74) is 6.56. The number of ether oxygens (including phenoxy) is 1. The minimum absolute atomic E-state index is 0.270. The number of hydrogen-bond acceptors (Lipinski definition) is 6. The van der Waals surface area contributed by atoms with E-state index in [0.29, 0.717) is 23.9 Å². The van der Waals surface area contributed by atoms with Crippen molar-refractivity contribution in [3.8, 4) is 0 Å². The van der Waals surface area contributed by atoms with E-state index in [0.717, 1.165) is 11.1 Å². The summed E-state index contributed by atoms with van der Waals surface area (Å²) in [6.45, 7) is 0.645. The lowest BCUT2D eigenvalue weighted by molar-refractivity contribution is 0.0883. The van der Waals surface area contributed by atoms with Gasteiger partial charge in [0.15, 0.2) is 11.5 Å². The molecule has 0 saturated heterocycles. The van der Waals surface area contributed by atoms with E-state index in [1.807, 2.05) is 19.2 Å². The number of nitrogens with zero attached hydrogens (tertiary/aromatic N) is 4. The van der Waals surface area contributed by atoms with Crippen LogP contribution in [0.3, 0.4) is 0 Å². The van der Waals surface area contributed by atoms with Gasteiger partial charge in [0.05, 0.1) is 17.8 Å². The average molecular weight is 259 g/mol. The molecule has 7 heteroatoms. The molecule has 3 heterocycles. The van der Waals surface area contributed by atoms with Crippen LogP contribution in [0.25, 0.3) is 11.0 Å². The van der Waals surface area contributed by atoms with Crippen molar-refractivity contribution in [2.75, 3.05) is 5.73 Å². The standard InChI is InChI=1S/C12H13N5O2/c1-17-12-9(5-14-17)11(13)15-10(16-12)7-18-6-8-3-2-4-19-8/h2-5H,6-7H2,1H3,(H2,13,15,16). The molecule has 0 aliphatic carbocycles. The summed E-state index contributed by atoms with van der Waals surface area (Å²) in [7, 11) is 1.81. The second-order valence-corrected chi connectivity index (χ2v) is 4.10. The number of aryl methyl sites for hydroxylation is 1. The van der Waals surface area contributed by atoms with Crippen molar-refractivity contribution < 1.29 is 9.15 Å². The molecule has 0 unspecified atom stereocenters. The molecule has 0 saturated carbocycles. The summed E-state index contributed by atoms with van der Waals surface area (Å²) >= 11 is 0. The Morgan fingerprint density at radius 3 is 3.05 bits per heavy atom. The topological polar surface area (TPSA) is 92.0 Å². The van der Waals surface area contributed by atoms with Crippen molar-refractivity contribution in [1.82, 2.24) is 19.7 Å². The third-order valence-electron chi connectivity index (χ3n) is 2.72. The number of fused-ring (bicyclic) bond motifs is 1. The van der Waals surface area contributed by atoms with Gasteiger partial charge in [0.2, 0.25) is 0 Å². The lowest BCUT2D eigenvalue weighted by Gasteiger charge is -2.04. The first-order valence-electron chi connectivity index (χ1n) is 5.78. The molecule has 0 atom stereocenters. The van der Waals surface area contributed by atoms with Crippen LogP contribution in [0.15, 0.2) is 29.0 Å². The van der Waals surface area contributed by atoms with Crippen molar-refractivity contribution in [1.29, 1.82) is 0 Å². The zero-order chi connectivity index (χ0) is 13.2. The molecule has 2 N–H and O–H groups in total. The number of nitrogens with two attached hydrogens (primary N) is 1. The number of furan rings is 1. The fourth-order valence-electron chi connectivity index (χ4n) is 1.79. The predicted octanol–water partition coefficient (Wildman–Crippen LogP) is 1.26. The smallest absolute Gasteiger partial charge is 0.163 e. The van der Waals surface area contributed by atoms with Crippen molar-refractivity contribution in [3.63, 3.8) is 0 Å². The molecular weight excluding hydrogens is 246 g/mol. The van der Waals surface area contributed by atoms with Crippen molar-refractivity contribution in [2.45, 2.75) is 13.2 Å². The maximum atomic E-state index is 5.86. The summed E-state index contributed by atoms with van der Waals surface area (Å²) < 4.78 is 12.3. The quantitative estimate of drug-likeness (QED) is 0.758. The highest BCUT2D eigenvalue weighted by molar-refractivity contribution is 5.84. The molecule has 0 aromatic carbocycles. The number of hydrogen-bond donors (Lipinski definition) is 1. The Morgan fingerprint density at radius 1 is 1.37 bits per heavy atom. The minimum Gasteiger partial charge on any atom is -0.467 e. The van der Waals surface area contributed by atoms with Crippen LogP contribution in [-0.2, 0) is 25.0 Å². The molecule has 0 radical (unpaired) electrons. The van der Waals surface area contributed by atoms with Crippen LogP contribution in [-0.4, -0.2) is 19.7 Å². The monoisotopic (exact) mass is 259 g/mol. The van der Waals surface area contributed by atoms with E-state index in [-0.39, 0.29) is 6.61 Å². The van der Waals surface area contributed by atoms with Gasteiger partial charge in [0.1, 0.15) is 24.8 Å². The van der Waals surface area contributed by atoms with Crippen LogP contribution in [0.4, 0.5) is 5.82 Å². The van der Waals surface area contributed by atoms with Crippen LogP contribution >= 0.6 is 0 Å². The van der Waals surface area contributed by atoms with Gasteiger partial charge in [0.25, 0.3) is 0 Å². The Morgan fingerprint density at radius 2 is 2.26 bits per heavy atom. The molecule has 3 aromatic rings. The van der Waals surface area contributed by atoms with Crippen molar-refractivity contribution >= 4 is 16.9 Å². The van der Waals surface area contributed by atoms with Gasteiger partial charge in [-0.05, 0) is 12.1 Å². The maximum Gasteiger partial charge on any atom is 0.163 e. The molecule has 3 rings (SSSR count). The van der Waals surface area contributed by atoms with Gasteiger partial charge in [0, 0.05) is 7.05 Å². The molecule has 0 aliphatic rings. The van der Waals surface area contributed by atoms with Gasteiger partial charge < -0.3 is 14.9 Å². The van der Waals surface area contributed by atoms with Crippen LogP contribution < -0.4 is 5.73 Å². The largest absolute Gasteiger partial charge is 0.467 e.